The first-order valence-electron chi connectivity index (χ1n) is 6.90. The third-order valence-corrected chi connectivity index (χ3v) is 3.81. The van der Waals surface area contributed by atoms with E-state index in [-0.39, 0.29) is 0 Å². The largest absolute Gasteiger partial charge is 0.314 e. The summed E-state index contributed by atoms with van der Waals surface area (Å²) in [5, 5.41) is 3.56. The van der Waals surface area contributed by atoms with Gasteiger partial charge in [-0.1, -0.05) is 28.1 Å². The lowest BCUT2D eigenvalue weighted by atomic mass is 10.2. The average Bonchev–Trinajstić information content (AvgIpc) is 3.12. The van der Waals surface area contributed by atoms with Crippen LogP contribution in [0.1, 0.15) is 31.2 Å². The second-order valence-electron chi connectivity index (χ2n) is 5.30. The SMILES string of the molecule is CN(CCCCNC1CC1)Cc1cccc(Br)c1. The fourth-order valence-corrected chi connectivity index (χ4v) is 2.57. The van der Waals surface area contributed by atoms with E-state index in [1.807, 2.05) is 0 Å². The van der Waals surface area contributed by atoms with Gasteiger partial charge in [0.2, 0.25) is 0 Å². The van der Waals surface area contributed by atoms with E-state index < -0.39 is 0 Å². The summed E-state index contributed by atoms with van der Waals surface area (Å²) in [5.74, 6) is 0. The van der Waals surface area contributed by atoms with E-state index in [1.54, 1.807) is 0 Å². The van der Waals surface area contributed by atoms with Crippen LogP contribution >= 0.6 is 15.9 Å². The van der Waals surface area contributed by atoms with Crippen LogP contribution in [0.25, 0.3) is 0 Å². The van der Waals surface area contributed by atoms with E-state index in [0.29, 0.717) is 0 Å². The van der Waals surface area contributed by atoms with Crippen molar-refractivity contribution in [3.63, 3.8) is 0 Å². The van der Waals surface area contributed by atoms with Crippen molar-refractivity contribution in [2.24, 2.45) is 0 Å². The normalized spacial score (nSPS) is 15.3. The summed E-state index contributed by atoms with van der Waals surface area (Å²) >= 11 is 3.52. The number of nitrogens with one attached hydrogen (secondary N) is 1. The van der Waals surface area contributed by atoms with Crippen molar-refractivity contribution in [3.05, 3.63) is 34.3 Å². The van der Waals surface area contributed by atoms with E-state index in [1.165, 1.54) is 48.8 Å². The number of halogens is 1. The van der Waals surface area contributed by atoms with Crippen LogP contribution in [0.2, 0.25) is 0 Å². The molecule has 0 atom stereocenters. The number of unbranched alkanes of at least 4 members (excludes halogenated alkanes) is 1. The Kier molecular flexibility index (Phi) is 5.67. The molecule has 100 valence electrons. The van der Waals surface area contributed by atoms with Crippen molar-refractivity contribution in [2.75, 3.05) is 20.1 Å². The van der Waals surface area contributed by atoms with Crippen molar-refractivity contribution in [1.82, 2.24) is 10.2 Å². The number of hydrogen-bond donors (Lipinski definition) is 1. The third kappa shape index (κ3) is 5.51. The van der Waals surface area contributed by atoms with E-state index in [0.717, 1.165) is 12.6 Å². The molecule has 3 heteroatoms. The highest BCUT2D eigenvalue weighted by Gasteiger charge is 2.19. The zero-order valence-electron chi connectivity index (χ0n) is 11.2. The molecule has 0 bridgehead atoms. The molecule has 1 N–H and O–H groups in total. The van der Waals surface area contributed by atoms with Crippen LogP contribution in [0.5, 0.6) is 0 Å². The number of rotatable bonds is 8. The predicted octanol–water partition coefficient (Wildman–Crippen LogP) is 3.41. The second-order valence-corrected chi connectivity index (χ2v) is 6.22. The monoisotopic (exact) mass is 310 g/mol. The molecule has 2 rings (SSSR count). The van der Waals surface area contributed by atoms with E-state index >= 15 is 0 Å². The molecule has 1 aliphatic carbocycles. The van der Waals surface area contributed by atoms with Gasteiger partial charge in [0.05, 0.1) is 0 Å². The molecule has 0 aromatic heterocycles. The molecule has 0 unspecified atom stereocenters. The Balaban J connectivity index is 1.57. The summed E-state index contributed by atoms with van der Waals surface area (Å²) < 4.78 is 1.17. The molecule has 1 aromatic rings. The lowest BCUT2D eigenvalue weighted by molar-refractivity contribution is 0.317. The Hall–Kier alpha value is -0.380. The molecule has 1 aromatic carbocycles. The molecular formula is C15H23BrN2. The maximum Gasteiger partial charge on any atom is 0.0231 e. The summed E-state index contributed by atoms with van der Waals surface area (Å²) in [7, 11) is 2.20. The first kappa shape index (κ1) is 14.0. The fourth-order valence-electron chi connectivity index (χ4n) is 2.13. The van der Waals surface area contributed by atoms with E-state index in [4.69, 9.17) is 0 Å². The lowest BCUT2D eigenvalue weighted by Gasteiger charge is -2.16. The van der Waals surface area contributed by atoms with Gasteiger partial charge in [0.25, 0.3) is 0 Å². The van der Waals surface area contributed by atoms with Crippen LogP contribution in [0.15, 0.2) is 28.7 Å². The molecule has 1 aliphatic rings. The molecule has 2 nitrogen and oxygen atoms in total. The van der Waals surface area contributed by atoms with Gasteiger partial charge in [0.15, 0.2) is 0 Å². The minimum Gasteiger partial charge on any atom is -0.314 e. The van der Waals surface area contributed by atoms with Gasteiger partial charge in [-0.15, -0.1) is 0 Å². The van der Waals surface area contributed by atoms with Crippen molar-refractivity contribution in [3.8, 4) is 0 Å². The van der Waals surface area contributed by atoms with Crippen LogP contribution in [0, 0.1) is 0 Å². The van der Waals surface area contributed by atoms with Gasteiger partial charge in [0.1, 0.15) is 0 Å². The maximum absolute atomic E-state index is 3.56. The molecule has 0 heterocycles. The molecule has 18 heavy (non-hydrogen) atoms. The average molecular weight is 311 g/mol. The summed E-state index contributed by atoms with van der Waals surface area (Å²) in [6, 6.07) is 9.42. The van der Waals surface area contributed by atoms with E-state index in [9.17, 15) is 0 Å². The first-order valence-corrected chi connectivity index (χ1v) is 7.70. The minimum atomic E-state index is 0.851. The first-order chi connectivity index (χ1) is 8.74. The number of nitrogens with zero attached hydrogens (tertiary/aromatic N) is 1. The van der Waals surface area contributed by atoms with Crippen LogP contribution < -0.4 is 5.32 Å². The maximum atomic E-state index is 3.56. The summed E-state index contributed by atoms with van der Waals surface area (Å²) in [4.78, 5) is 2.40. The topological polar surface area (TPSA) is 15.3 Å². The summed E-state index contributed by atoms with van der Waals surface area (Å²) in [6.45, 7) is 3.41. The number of benzene rings is 1. The van der Waals surface area contributed by atoms with Gasteiger partial charge in [-0.2, -0.15) is 0 Å². The van der Waals surface area contributed by atoms with Gasteiger partial charge in [-0.05, 0) is 63.5 Å². The van der Waals surface area contributed by atoms with Gasteiger partial charge < -0.3 is 10.2 Å². The predicted molar refractivity (Wildman–Crippen MR) is 80.7 cm³/mol. The Morgan fingerprint density at radius 2 is 2.17 bits per heavy atom. The molecule has 1 fully saturated rings. The third-order valence-electron chi connectivity index (χ3n) is 3.32. The smallest absolute Gasteiger partial charge is 0.0231 e. The van der Waals surface area contributed by atoms with Gasteiger partial charge in [-0.3, -0.25) is 0 Å². The summed E-state index contributed by atoms with van der Waals surface area (Å²) in [5.41, 5.74) is 1.38. The van der Waals surface area contributed by atoms with Crippen LogP contribution in [-0.4, -0.2) is 31.1 Å². The lowest BCUT2D eigenvalue weighted by Crippen LogP contribution is -2.22. The fraction of sp³-hybridized carbons (Fsp3) is 0.600. The Morgan fingerprint density at radius 1 is 1.33 bits per heavy atom. The Labute approximate surface area is 119 Å². The standard InChI is InChI=1S/C15H23BrN2/c1-18(10-3-2-9-17-15-7-8-15)12-13-5-4-6-14(16)11-13/h4-6,11,15,17H,2-3,7-10,12H2,1H3. The molecule has 0 radical (unpaired) electrons. The van der Waals surface area contributed by atoms with Gasteiger partial charge in [0, 0.05) is 17.1 Å². The zero-order chi connectivity index (χ0) is 12.8. The van der Waals surface area contributed by atoms with E-state index in [2.05, 4.69) is 57.5 Å². The zero-order valence-corrected chi connectivity index (χ0v) is 12.7. The minimum absolute atomic E-state index is 0.851. The Morgan fingerprint density at radius 3 is 2.89 bits per heavy atom. The van der Waals surface area contributed by atoms with Crippen molar-refractivity contribution < 1.29 is 0 Å². The van der Waals surface area contributed by atoms with Crippen LogP contribution in [0.3, 0.4) is 0 Å². The van der Waals surface area contributed by atoms with Gasteiger partial charge >= 0.3 is 0 Å². The molecular weight excluding hydrogens is 288 g/mol. The van der Waals surface area contributed by atoms with Crippen LogP contribution in [-0.2, 0) is 6.54 Å². The van der Waals surface area contributed by atoms with Crippen molar-refractivity contribution in [1.29, 1.82) is 0 Å². The molecule has 0 aliphatic heterocycles. The Bertz CT molecular complexity index is 363. The van der Waals surface area contributed by atoms with Gasteiger partial charge in [-0.25, -0.2) is 0 Å². The highest BCUT2D eigenvalue weighted by atomic mass is 79.9. The molecule has 0 spiro atoms. The highest BCUT2D eigenvalue weighted by Crippen LogP contribution is 2.18. The highest BCUT2D eigenvalue weighted by molar-refractivity contribution is 9.10. The molecule has 1 saturated carbocycles. The summed E-state index contributed by atoms with van der Waals surface area (Å²) in [6.07, 6.45) is 5.36. The number of hydrogen-bond acceptors (Lipinski definition) is 2. The van der Waals surface area contributed by atoms with Crippen LogP contribution in [0.4, 0.5) is 0 Å². The molecule has 0 amide bonds. The second kappa shape index (κ2) is 7.27. The van der Waals surface area contributed by atoms with Crippen molar-refractivity contribution >= 4 is 15.9 Å². The molecule has 0 saturated heterocycles. The van der Waals surface area contributed by atoms with Crippen molar-refractivity contribution in [2.45, 2.75) is 38.3 Å². The quantitative estimate of drug-likeness (QED) is 0.740.